The molecule has 0 aromatic heterocycles. The van der Waals surface area contributed by atoms with Gasteiger partial charge in [0.1, 0.15) is 0 Å². The predicted molar refractivity (Wildman–Crippen MR) is 71.8 cm³/mol. The van der Waals surface area contributed by atoms with Crippen molar-refractivity contribution in [2.45, 2.75) is 13.3 Å². The van der Waals surface area contributed by atoms with Crippen molar-refractivity contribution in [1.82, 2.24) is 0 Å². The topological polar surface area (TPSA) is 0 Å². The molecule has 0 bridgehead atoms. The smallest absolute Gasteiger partial charge is 0.0263 e. The molecule has 64 valence electrons. The summed E-state index contributed by atoms with van der Waals surface area (Å²) in [4.78, 5) is 0. The molecule has 2 heteroatoms. The summed E-state index contributed by atoms with van der Waals surface area (Å²) in [7, 11) is 0. The molecule has 1 aromatic rings. The second-order valence-corrected chi connectivity index (χ2v) is 4.29. The van der Waals surface area contributed by atoms with Gasteiger partial charge in [0.25, 0.3) is 0 Å². The fourth-order valence-corrected chi connectivity index (χ4v) is 1.68. The van der Waals surface area contributed by atoms with Crippen LogP contribution in [0.1, 0.15) is 18.1 Å². The Kier molecular flexibility index (Phi) is 4.56. The molecular weight excluding hydrogens is 374 g/mol. The molecule has 0 aliphatic rings. The molecule has 1 rings (SSSR count). The van der Waals surface area contributed by atoms with Crippen LogP contribution in [0.5, 0.6) is 0 Å². The Labute approximate surface area is 101 Å². The van der Waals surface area contributed by atoms with Gasteiger partial charge in [-0.2, -0.15) is 0 Å². The van der Waals surface area contributed by atoms with Crippen molar-refractivity contribution in [2.75, 3.05) is 0 Å². The third-order valence-corrected chi connectivity index (χ3v) is 4.48. The summed E-state index contributed by atoms with van der Waals surface area (Å²) in [5.41, 5.74) is 2.71. The van der Waals surface area contributed by atoms with E-state index in [2.05, 4.69) is 80.5 Å². The van der Waals surface area contributed by atoms with Crippen molar-refractivity contribution in [3.8, 4) is 0 Å². The number of benzene rings is 1. The van der Waals surface area contributed by atoms with Crippen molar-refractivity contribution < 1.29 is 0 Å². The highest BCUT2D eigenvalue weighted by atomic mass is 127. The normalized spacial score (nSPS) is 11.8. The van der Waals surface area contributed by atoms with Crippen molar-refractivity contribution in [2.24, 2.45) is 0 Å². The van der Waals surface area contributed by atoms with Crippen LogP contribution in [0.3, 0.4) is 0 Å². The molecule has 0 heterocycles. The van der Waals surface area contributed by atoms with E-state index in [1.165, 1.54) is 14.7 Å². The molecule has 0 unspecified atom stereocenters. The third-order valence-electron chi connectivity index (χ3n) is 1.73. The first-order chi connectivity index (χ1) is 5.77. The molecule has 0 fully saturated rings. The lowest BCUT2D eigenvalue weighted by Gasteiger charge is -1.99. The van der Waals surface area contributed by atoms with Crippen molar-refractivity contribution in [1.29, 1.82) is 0 Å². The second-order valence-electron chi connectivity index (χ2n) is 2.51. The maximum absolute atomic E-state index is 2.35. The Balaban J connectivity index is 2.92. The highest BCUT2D eigenvalue weighted by molar-refractivity contribution is 14.1. The van der Waals surface area contributed by atoms with E-state index < -0.39 is 0 Å². The van der Waals surface area contributed by atoms with Gasteiger partial charge in [0.05, 0.1) is 0 Å². The quantitative estimate of drug-likeness (QED) is 0.663. The molecule has 0 N–H and O–H groups in total. The van der Waals surface area contributed by atoms with Crippen LogP contribution >= 0.6 is 45.2 Å². The Morgan fingerprint density at radius 1 is 1.33 bits per heavy atom. The molecule has 1 aromatic carbocycles. The van der Waals surface area contributed by atoms with Crippen LogP contribution in [0.4, 0.5) is 0 Å². The zero-order chi connectivity index (χ0) is 8.97. The molecule has 0 aliphatic carbocycles. The SMILES string of the molecule is CCc1ccc(/C(I)=C\I)cc1. The van der Waals surface area contributed by atoms with E-state index >= 15 is 0 Å². The van der Waals surface area contributed by atoms with Crippen molar-refractivity contribution in [3.63, 3.8) is 0 Å². The Morgan fingerprint density at radius 2 is 1.92 bits per heavy atom. The van der Waals surface area contributed by atoms with Crippen LogP contribution < -0.4 is 0 Å². The summed E-state index contributed by atoms with van der Waals surface area (Å²) >= 11 is 4.61. The number of hydrogen-bond acceptors (Lipinski definition) is 0. The van der Waals surface area contributed by atoms with Gasteiger partial charge in [-0.15, -0.1) is 0 Å². The molecule has 0 spiro atoms. The number of aryl methyl sites for hydroxylation is 1. The van der Waals surface area contributed by atoms with Gasteiger partial charge in [-0.25, -0.2) is 0 Å². The molecule has 0 saturated carbocycles. The van der Waals surface area contributed by atoms with Crippen molar-refractivity contribution >= 4 is 48.8 Å². The molecule has 0 radical (unpaired) electrons. The minimum atomic E-state index is 1.12. The average Bonchev–Trinajstić information content (AvgIpc) is 2.17. The molecule has 0 saturated heterocycles. The van der Waals surface area contributed by atoms with Crippen molar-refractivity contribution in [3.05, 3.63) is 39.5 Å². The van der Waals surface area contributed by atoms with Gasteiger partial charge < -0.3 is 0 Å². The largest absolute Gasteiger partial charge is 0.0613 e. The number of halogens is 2. The fourth-order valence-electron chi connectivity index (χ4n) is 0.963. The summed E-state index contributed by atoms with van der Waals surface area (Å²) in [6.45, 7) is 2.17. The van der Waals surface area contributed by atoms with Gasteiger partial charge in [0, 0.05) is 3.58 Å². The molecule has 0 atom stereocenters. The van der Waals surface area contributed by atoms with Crippen LogP contribution in [0.25, 0.3) is 3.58 Å². The van der Waals surface area contributed by atoms with Crippen LogP contribution in [0.2, 0.25) is 0 Å². The predicted octanol–water partition coefficient (Wildman–Crippen LogP) is 4.42. The lowest BCUT2D eigenvalue weighted by Crippen LogP contribution is -1.80. The van der Waals surface area contributed by atoms with Crippen LogP contribution in [0, 0.1) is 0 Å². The van der Waals surface area contributed by atoms with E-state index in [-0.39, 0.29) is 0 Å². The first-order valence-electron chi connectivity index (χ1n) is 3.83. The lowest BCUT2D eigenvalue weighted by molar-refractivity contribution is 1.14. The van der Waals surface area contributed by atoms with Crippen LogP contribution in [-0.2, 0) is 6.42 Å². The van der Waals surface area contributed by atoms with Gasteiger partial charge in [0.15, 0.2) is 0 Å². The molecule has 0 nitrogen and oxygen atoms in total. The van der Waals surface area contributed by atoms with E-state index in [9.17, 15) is 0 Å². The molecule has 12 heavy (non-hydrogen) atoms. The van der Waals surface area contributed by atoms with Crippen LogP contribution in [0.15, 0.2) is 28.3 Å². The summed E-state index contributed by atoms with van der Waals surface area (Å²) in [6.07, 6.45) is 1.12. The third kappa shape index (κ3) is 2.73. The molecule has 0 amide bonds. The standard InChI is InChI=1S/C10H10I2/c1-2-8-3-5-9(6-4-8)10(12)7-11/h3-7H,2H2,1H3/b10-7+. The highest BCUT2D eigenvalue weighted by Crippen LogP contribution is 2.23. The van der Waals surface area contributed by atoms with Gasteiger partial charge in [-0.1, -0.05) is 53.8 Å². The summed E-state index contributed by atoms with van der Waals surface area (Å²) in [6, 6.07) is 8.73. The average molecular weight is 384 g/mol. The molecule has 0 aliphatic heterocycles. The fraction of sp³-hybridized carbons (Fsp3) is 0.200. The monoisotopic (exact) mass is 384 g/mol. The lowest BCUT2D eigenvalue weighted by atomic mass is 10.1. The number of hydrogen-bond donors (Lipinski definition) is 0. The first kappa shape index (κ1) is 10.5. The Bertz CT molecular complexity index is 272. The number of rotatable bonds is 2. The van der Waals surface area contributed by atoms with Gasteiger partial charge in [0.2, 0.25) is 0 Å². The Morgan fingerprint density at radius 3 is 2.33 bits per heavy atom. The summed E-state index contributed by atoms with van der Waals surface area (Å²) in [5, 5.41) is 0. The minimum Gasteiger partial charge on any atom is -0.0613 e. The van der Waals surface area contributed by atoms with Gasteiger partial charge >= 0.3 is 0 Å². The molecular formula is C10H10I2. The zero-order valence-electron chi connectivity index (χ0n) is 6.85. The zero-order valence-corrected chi connectivity index (χ0v) is 11.2. The minimum absolute atomic E-state index is 1.12. The maximum Gasteiger partial charge on any atom is 0.0263 e. The van der Waals surface area contributed by atoms with Crippen LogP contribution in [-0.4, -0.2) is 0 Å². The van der Waals surface area contributed by atoms with E-state index in [0.717, 1.165) is 6.42 Å². The maximum atomic E-state index is 2.35. The summed E-state index contributed by atoms with van der Waals surface area (Å²) in [5.74, 6) is 0. The van der Waals surface area contributed by atoms with E-state index in [1.54, 1.807) is 0 Å². The summed E-state index contributed by atoms with van der Waals surface area (Å²) < 4.78 is 3.40. The van der Waals surface area contributed by atoms with Gasteiger partial charge in [-0.3, -0.25) is 0 Å². The van der Waals surface area contributed by atoms with E-state index in [1.807, 2.05) is 0 Å². The Hall–Kier alpha value is 0.420. The highest BCUT2D eigenvalue weighted by Gasteiger charge is 1.95. The van der Waals surface area contributed by atoms with Gasteiger partial charge in [-0.05, 0) is 44.2 Å². The first-order valence-corrected chi connectivity index (χ1v) is 6.15. The second kappa shape index (κ2) is 5.21. The van der Waals surface area contributed by atoms with E-state index in [4.69, 9.17) is 0 Å². The van der Waals surface area contributed by atoms with E-state index in [0.29, 0.717) is 0 Å².